The number of terminal acetylenes is 1. The summed E-state index contributed by atoms with van der Waals surface area (Å²) in [5, 5.41) is 4.17. The molecule has 0 spiro atoms. The van der Waals surface area contributed by atoms with Gasteiger partial charge in [0.25, 0.3) is 5.91 Å². The van der Waals surface area contributed by atoms with Gasteiger partial charge in [-0.15, -0.1) is 12.3 Å². The highest BCUT2D eigenvalue weighted by atomic mass is 16.1. The van der Waals surface area contributed by atoms with Crippen molar-refractivity contribution in [2.45, 2.75) is 44.1 Å². The number of carbonyl (C=O) groups excluding carboxylic acids is 1. The molecule has 1 heterocycles. The highest BCUT2D eigenvalue weighted by molar-refractivity contribution is 5.97. The van der Waals surface area contributed by atoms with Crippen LogP contribution in [-0.4, -0.2) is 16.4 Å². The van der Waals surface area contributed by atoms with Crippen molar-refractivity contribution in [3.8, 4) is 12.3 Å². The van der Waals surface area contributed by atoms with Crippen LogP contribution in [-0.2, 0) is 0 Å². The number of aromatic nitrogens is 1. The van der Waals surface area contributed by atoms with Crippen LogP contribution in [0.4, 0.5) is 0 Å². The second-order valence-electron chi connectivity index (χ2n) is 6.09. The molecule has 112 valence electrons. The van der Waals surface area contributed by atoms with Crippen LogP contribution in [0.15, 0.2) is 36.5 Å². The average molecular weight is 292 g/mol. The van der Waals surface area contributed by atoms with Crippen LogP contribution in [0.5, 0.6) is 0 Å². The highest BCUT2D eigenvalue weighted by Crippen LogP contribution is 2.31. The second-order valence-corrected chi connectivity index (χ2v) is 6.09. The molecule has 1 amide bonds. The Morgan fingerprint density at radius 1 is 1.27 bits per heavy atom. The van der Waals surface area contributed by atoms with Crippen molar-refractivity contribution in [1.82, 2.24) is 10.3 Å². The molecular formula is C19H20N2O. The molecule has 1 aliphatic carbocycles. The number of hydrogen-bond acceptors (Lipinski definition) is 2. The molecule has 1 N–H and O–H groups in total. The van der Waals surface area contributed by atoms with Crippen LogP contribution >= 0.6 is 0 Å². The van der Waals surface area contributed by atoms with Crippen LogP contribution in [0.25, 0.3) is 10.9 Å². The van der Waals surface area contributed by atoms with E-state index in [1.807, 2.05) is 30.3 Å². The molecule has 0 bridgehead atoms. The minimum atomic E-state index is -0.240. The number of para-hydroxylation sites is 1. The second kappa shape index (κ2) is 6.19. The molecule has 0 unspecified atom stereocenters. The molecular weight excluding hydrogens is 272 g/mol. The fourth-order valence-electron chi connectivity index (χ4n) is 3.28. The van der Waals surface area contributed by atoms with Crippen molar-refractivity contribution in [2.24, 2.45) is 0 Å². The number of nitrogens with zero attached hydrogens (tertiary/aromatic N) is 1. The lowest BCUT2D eigenvalue weighted by Crippen LogP contribution is -2.49. The summed E-state index contributed by atoms with van der Waals surface area (Å²) in [5.41, 5.74) is 1.26. The van der Waals surface area contributed by atoms with Crippen LogP contribution in [0.1, 0.15) is 48.9 Å². The van der Waals surface area contributed by atoms with Gasteiger partial charge in [0.2, 0.25) is 0 Å². The van der Waals surface area contributed by atoms with Gasteiger partial charge in [-0.3, -0.25) is 9.78 Å². The number of carbonyl (C=O) groups is 1. The predicted molar refractivity (Wildman–Crippen MR) is 88.5 cm³/mol. The monoisotopic (exact) mass is 292 g/mol. The summed E-state index contributed by atoms with van der Waals surface area (Å²) < 4.78 is 0. The van der Waals surface area contributed by atoms with Crippen molar-refractivity contribution in [2.75, 3.05) is 0 Å². The first-order valence-corrected chi connectivity index (χ1v) is 7.83. The topological polar surface area (TPSA) is 42.0 Å². The lowest BCUT2D eigenvalue weighted by atomic mass is 9.79. The van der Waals surface area contributed by atoms with E-state index in [0.29, 0.717) is 12.0 Å². The zero-order valence-electron chi connectivity index (χ0n) is 12.6. The van der Waals surface area contributed by atoms with Gasteiger partial charge in [-0.2, -0.15) is 0 Å². The molecule has 3 heteroatoms. The van der Waals surface area contributed by atoms with Crippen LogP contribution in [0.3, 0.4) is 0 Å². The number of hydrogen-bond donors (Lipinski definition) is 1. The van der Waals surface area contributed by atoms with Crippen molar-refractivity contribution in [3.05, 3.63) is 42.1 Å². The number of amides is 1. The Morgan fingerprint density at radius 2 is 2.05 bits per heavy atom. The van der Waals surface area contributed by atoms with Crippen molar-refractivity contribution < 1.29 is 4.79 Å². The van der Waals surface area contributed by atoms with Gasteiger partial charge in [0.15, 0.2) is 0 Å². The van der Waals surface area contributed by atoms with Gasteiger partial charge >= 0.3 is 0 Å². The Balaban J connectivity index is 1.83. The zero-order chi connectivity index (χ0) is 15.4. The average Bonchev–Trinajstić information content (AvgIpc) is 2.55. The minimum Gasteiger partial charge on any atom is -0.346 e. The molecule has 1 saturated carbocycles. The van der Waals surface area contributed by atoms with Crippen molar-refractivity contribution >= 4 is 16.8 Å². The smallest absolute Gasteiger partial charge is 0.253 e. The summed E-state index contributed by atoms with van der Waals surface area (Å²) >= 11 is 0. The predicted octanol–water partition coefficient (Wildman–Crippen LogP) is 3.69. The van der Waals surface area contributed by atoms with Gasteiger partial charge in [0.05, 0.1) is 16.6 Å². The summed E-state index contributed by atoms with van der Waals surface area (Å²) in [6.45, 7) is 0. The molecule has 1 aromatic carbocycles. The van der Waals surface area contributed by atoms with Crippen molar-refractivity contribution in [3.63, 3.8) is 0 Å². The van der Waals surface area contributed by atoms with E-state index < -0.39 is 0 Å². The first-order chi connectivity index (χ1) is 10.7. The Morgan fingerprint density at radius 3 is 2.82 bits per heavy atom. The Hall–Kier alpha value is -2.34. The van der Waals surface area contributed by atoms with Gasteiger partial charge in [-0.1, -0.05) is 37.5 Å². The van der Waals surface area contributed by atoms with Crippen LogP contribution in [0.2, 0.25) is 0 Å². The third-order valence-corrected chi connectivity index (χ3v) is 4.48. The molecule has 2 aromatic rings. The minimum absolute atomic E-state index is 0.0737. The van der Waals surface area contributed by atoms with E-state index in [-0.39, 0.29) is 11.4 Å². The van der Waals surface area contributed by atoms with E-state index in [2.05, 4.69) is 16.2 Å². The fraction of sp³-hybridized carbons (Fsp3) is 0.368. The normalized spacial score (nSPS) is 16.9. The lowest BCUT2D eigenvalue weighted by Gasteiger charge is -2.36. The quantitative estimate of drug-likeness (QED) is 0.877. The number of benzene rings is 1. The summed E-state index contributed by atoms with van der Waals surface area (Å²) in [7, 11) is 0. The van der Waals surface area contributed by atoms with Gasteiger partial charge in [0, 0.05) is 18.0 Å². The Kier molecular flexibility index (Phi) is 4.11. The molecule has 0 atom stereocenters. The first-order valence-electron chi connectivity index (χ1n) is 7.83. The maximum Gasteiger partial charge on any atom is 0.253 e. The van der Waals surface area contributed by atoms with E-state index >= 15 is 0 Å². The molecule has 3 rings (SSSR count). The number of pyridine rings is 1. The Bertz CT molecular complexity index is 724. The van der Waals surface area contributed by atoms with E-state index in [9.17, 15) is 4.79 Å². The molecule has 0 radical (unpaired) electrons. The molecule has 22 heavy (non-hydrogen) atoms. The molecule has 3 nitrogen and oxygen atoms in total. The number of fused-ring (bicyclic) bond motifs is 1. The van der Waals surface area contributed by atoms with E-state index in [1.165, 1.54) is 6.42 Å². The third-order valence-electron chi connectivity index (χ3n) is 4.48. The van der Waals surface area contributed by atoms with E-state index in [1.54, 1.807) is 6.20 Å². The third kappa shape index (κ3) is 2.96. The lowest BCUT2D eigenvalue weighted by molar-refractivity contribution is 0.0872. The number of nitrogens with one attached hydrogen (secondary N) is 1. The standard InChI is InChI=1S/C19H20N2O/c1-2-10-19(11-6-3-7-12-19)21-18(22)16-13-15-8-4-5-9-17(15)20-14-16/h1,4-5,8-9,13-14H,3,6-7,10-12H2,(H,21,22). The molecule has 0 saturated heterocycles. The summed E-state index contributed by atoms with van der Waals surface area (Å²) in [5.74, 6) is 2.66. The van der Waals surface area contributed by atoms with E-state index in [4.69, 9.17) is 6.42 Å². The van der Waals surface area contributed by atoms with Crippen molar-refractivity contribution in [1.29, 1.82) is 0 Å². The summed E-state index contributed by atoms with van der Waals surface area (Å²) in [6.07, 6.45) is 13.2. The van der Waals surface area contributed by atoms with Gasteiger partial charge in [-0.05, 0) is 25.0 Å². The summed E-state index contributed by atoms with van der Waals surface area (Å²) in [6, 6.07) is 9.70. The van der Waals surface area contributed by atoms with Crippen LogP contribution in [0, 0.1) is 12.3 Å². The highest BCUT2D eigenvalue weighted by Gasteiger charge is 2.33. The number of rotatable bonds is 3. The Labute approximate surface area is 131 Å². The van der Waals surface area contributed by atoms with Gasteiger partial charge in [-0.25, -0.2) is 0 Å². The molecule has 1 fully saturated rings. The van der Waals surface area contributed by atoms with Gasteiger partial charge in [0.1, 0.15) is 0 Å². The maximum absolute atomic E-state index is 12.6. The molecule has 0 aliphatic heterocycles. The fourth-order valence-corrected chi connectivity index (χ4v) is 3.28. The largest absolute Gasteiger partial charge is 0.346 e. The SMILES string of the molecule is C#CCC1(NC(=O)c2cnc3ccccc3c2)CCCCC1. The summed E-state index contributed by atoms with van der Waals surface area (Å²) in [4.78, 5) is 17.0. The van der Waals surface area contributed by atoms with Crippen LogP contribution < -0.4 is 5.32 Å². The molecule has 1 aliphatic rings. The zero-order valence-corrected chi connectivity index (χ0v) is 12.6. The molecule has 1 aromatic heterocycles. The maximum atomic E-state index is 12.6. The first kappa shape index (κ1) is 14.6. The van der Waals surface area contributed by atoms with E-state index in [0.717, 1.165) is 36.6 Å². The van der Waals surface area contributed by atoms with Gasteiger partial charge < -0.3 is 5.32 Å².